The maximum absolute atomic E-state index is 12.3. The third-order valence-electron chi connectivity index (χ3n) is 3.60. The maximum atomic E-state index is 12.3. The van der Waals surface area contributed by atoms with Gasteiger partial charge in [0.15, 0.2) is 0 Å². The first-order valence-electron chi connectivity index (χ1n) is 7.22. The minimum atomic E-state index is -0.514. The van der Waals surface area contributed by atoms with Crippen molar-refractivity contribution in [1.82, 2.24) is 5.32 Å². The fourth-order valence-corrected chi connectivity index (χ4v) is 2.52. The summed E-state index contributed by atoms with van der Waals surface area (Å²) in [6.45, 7) is 2.02. The van der Waals surface area contributed by atoms with E-state index in [-0.39, 0.29) is 23.2 Å². The highest BCUT2D eigenvalue weighted by Crippen LogP contribution is 2.14. The normalized spacial score (nSPS) is 11.7. The van der Waals surface area contributed by atoms with Gasteiger partial charge in [0.2, 0.25) is 0 Å². The molecular formula is C17H18N2O3S. The lowest BCUT2D eigenvalue weighted by atomic mass is 10.0. The molecule has 0 radical (unpaired) electrons. The van der Waals surface area contributed by atoms with E-state index in [4.69, 9.17) is 0 Å². The summed E-state index contributed by atoms with van der Waals surface area (Å²) in [7, 11) is 0. The van der Waals surface area contributed by atoms with Crippen molar-refractivity contribution in [3.8, 4) is 0 Å². The first kappa shape index (κ1) is 17.0. The van der Waals surface area contributed by atoms with Gasteiger partial charge in [-0.2, -0.15) is 12.6 Å². The van der Waals surface area contributed by atoms with E-state index in [1.165, 1.54) is 18.2 Å². The minimum absolute atomic E-state index is 0.0982. The molecule has 23 heavy (non-hydrogen) atoms. The number of carbonyl (C=O) groups is 1. The van der Waals surface area contributed by atoms with Crippen molar-refractivity contribution >= 4 is 24.2 Å². The monoisotopic (exact) mass is 330 g/mol. The second-order valence-corrected chi connectivity index (χ2v) is 5.66. The SMILES string of the molecule is Cc1ccccc1CC(CS)NC(=O)c1cccc([N+](=O)[O-])c1. The number of hydrogen-bond acceptors (Lipinski definition) is 4. The molecule has 5 nitrogen and oxygen atoms in total. The van der Waals surface area contributed by atoms with E-state index in [1.807, 2.05) is 31.2 Å². The molecule has 0 aromatic heterocycles. The lowest BCUT2D eigenvalue weighted by Gasteiger charge is -2.18. The molecule has 0 spiro atoms. The van der Waals surface area contributed by atoms with Gasteiger partial charge in [-0.15, -0.1) is 0 Å². The fourth-order valence-electron chi connectivity index (χ4n) is 2.30. The van der Waals surface area contributed by atoms with Crippen molar-refractivity contribution in [3.63, 3.8) is 0 Å². The molecule has 0 bridgehead atoms. The van der Waals surface area contributed by atoms with Crippen molar-refractivity contribution in [2.45, 2.75) is 19.4 Å². The van der Waals surface area contributed by atoms with Crippen molar-refractivity contribution in [3.05, 3.63) is 75.3 Å². The van der Waals surface area contributed by atoms with Gasteiger partial charge in [0, 0.05) is 29.5 Å². The third-order valence-corrected chi connectivity index (χ3v) is 4.04. The lowest BCUT2D eigenvalue weighted by molar-refractivity contribution is -0.384. The summed E-state index contributed by atoms with van der Waals surface area (Å²) < 4.78 is 0. The van der Waals surface area contributed by atoms with Gasteiger partial charge in [0.05, 0.1) is 4.92 Å². The second-order valence-electron chi connectivity index (χ2n) is 5.29. The van der Waals surface area contributed by atoms with Crippen molar-refractivity contribution < 1.29 is 9.72 Å². The molecule has 0 aliphatic rings. The summed E-state index contributed by atoms with van der Waals surface area (Å²) in [6, 6.07) is 13.5. The molecule has 2 aromatic rings. The van der Waals surface area contributed by atoms with Crippen LogP contribution in [0, 0.1) is 17.0 Å². The summed E-state index contributed by atoms with van der Waals surface area (Å²) in [5.74, 6) is 0.149. The number of nitrogens with one attached hydrogen (secondary N) is 1. The van der Waals surface area contributed by atoms with Crippen molar-refractivity contribution in [1.29, 1.82) is 0 Å². The van der Waals surface area contributed by atoms with Crippen LogP contribution in [-0.4, -0.2) is 22.6 Å². The van der Waals surface area contributed by atoms with E-state index < -0.39 is 4.92 Å². The predicted octanol–water partition coefficient (Wildman–Crippen LogP) is 3.17. The lowest BCUT2D eigenvalue weighted by Crippen LogP contribution is -2.38. The number of hydrogen-bond donors (Lipinski definition) is 2. The number of thiol groups is 1. The number of aryl methyl sites for hydroxylation is 1. The van der Waals surface area contributed by atoms with E-state index in [2.05, 4.69) is 17.9 Å². The molecule has 1 atom stereocenters. The molecule has 0 aliphatic heterocycles. The fraction of sp³-hybridized carbons (Fsp3) is 0.235. The molecular weight excluding hydrogens is 312 g/mol. The van der Waals surface area contributed by atoms with Gasteiger partial charge in [-0.05, 0) is 30.5 Å². The Morgan fingerprint density at radius 3 is 2.65 bits per heavy atom. The van der Waals surface area contributed by atoms with Crippen molar-refractivity contribution in [2.24, 2.45) is 0 Å². The number of nitrogens with zero attached hydrogens (tertiary/aromatic N) is 1. The zero-order valence-corrected chi connectivity index (χ0v) is 13.6. The van der Waals surface area contributed by atoms with Crippen LogP contribution in [0.1, 0.15) is 21.5 Å². The van der Waals surface area contributed by atoms with Crippen molar-refractivity contribution in [2.75, 3.05) is 5.75 Å². The van der Waals surface area contributed by atoms with E-state index in [1.54, 1.807) is 6.07 Å². The van der Waals surface area contributed by atoms with Crippen LogP contribution in [0.15, 0.2) is 48.5 Å². The Bertz CT molecular complexity index is 718. The van der Waals surface area contributed by atoms with Crippen LogP contribution < -0.4 is 5.32 Å². The Hall–Kier alpha value is -2.34. The van der Waals surface area contributed by atoms with Crippen LogP contribution in [0.25, 0.3) is 0 Å². The molecule has 1 N–H and O–H groups in total. The third kappa shape index (κ3) is 4.56. The highest BCUT2D eigenvalue weighted by Gasteiger charge is 2.16. The van der Waals surface area contributed by atoms with Gasteiger partial charge in [-0.3, -0.25) is 14.9 Å². The number of nitro benzene ring substituents is 1. The Morgan fingerprint density at radius 2 is 2.00 bits per heavy atom. The molecule has 0 fully saturated rings. The first-order chi connectivity index (χ1) is 11.0. The summed E-state index contributed by atoms with van der Waals surface area (Å²) in [5.41, 5.74) is 2.48. The summed E-state index contributed by atoms with van der Waals surface area (Å²) in [6.07, 6.45) is 0.664. The van der Waals surface area contributed by atoms with Gasteiger partial charge >= 0.3 is 0 Å². The van der Waals surface area contributed by atoms with Gasteiger partial charge < -0.3 is 5.32 Å². The molecule has 1 unspecified atom stereocenters. The molecule has 0 saturated heterocycles. The largest absolute Gasteiger partial charge is 0.348 e. The van der Waals surface area contributed by atoms with Crippen LogP contribution in [-0.2, 0) is 6.42 Å². The average molecular weight is 330 g/mol. The Kier molecular flexibility index (Phi) is 5.76. The molecule has 2 rings (SSSR count). The van der Waals surface area contributed by atoms with Gasteiger partial charge in [-0.1, -0.05) is 30.3 Å². The highest BCUT2D eigenvalue weighted by molar-refractivity contribution is 7.80. The maximum Gasteiger partial charge on any atom is 0.270 e. The molecule has 1 amide bonds. The molecule has 120 valence electrons. The second kappa shape index (κ2) is 7.78. The quantitative estimate of drug-likeness (QED) is 0.485. The zero-order chi connectivity index (χ0) is 16.8. The highest BCUT2D eigenvalue weighted by atomic mass is 32.1. The first-order valence-corrected chi connectivity index (χ1v) is 7.85. The number of rotatable bonds is 6. The molecule has 0 heterocycles. The van der Waals surface area contributed by atoms with Crippen LogP contribution in [0.4, 0.5) is 5.69 Å². The summed E-state index contributed by atoms with van der Waals surface area (Å²) in [4.78, 5) is 22.6. The minimum Gasteiger partial charge on any atom is -0.348 e. The molecule has 2 aromatic carbocycles. The van der Waals surface area contributed by atoms with Gasteiger partial charge in [-0.25, -0.2) is 0 Å². The number of nitro groups is 1. The molecule has 0 saturated carbocycles. The number of non-ortho nitro benzene ring substituents is 1. The van der Waals surface area contributed by atoms with E-state index >= 15 is 0 Å². The molecule has 6 heteroatoms. The van der Waals surface area contributed by atoms with Crippen LogP contribution >= 0.6 is 12.6 Å². The zero-order valence-electron chi connectivity index (χ0n) is 12.7. The number of amides is 1. The standard InChI is InChI=1S/C17H18N2O3S/c1-12-5-2-3-6-13(12)9-15(11-23)18-17(20)14-7-4-8-16(10-14)19(21)22/h2-8,10,15,23H,9,11H2,1H3,(H,18,20). The van der Waals surface area contributed by atoms with E-state index in [9.17, 15) is 14.9 Å². The van der Waals surface area contributed by atoms with Gasteiger partial charge in [0.25, 0.3) is 11.6 Å². The Labute approximate surface area is 140 Å². The van der Waals surface area contributed by atoms with Crippen LogP contribution in [0.2, 0.25) is 0 Å². The smallest absolute Gasteiger partial charge is 0.270 e. The average Bonchev–Trinajstić information content (AvgIpc) is 2.56. The van der Waals surface area contributed by atoms with Crippen LogP contribution in [0.3, 0.4) is 0 Å². The predicted molar refractivity (Wildman–Crippen MR) is 93.1 cm³/mol. The molecule has 0 aliphatic carbocycles. The summed E-state index contributed by atoms with van der Waals surface area (Å²) in [5, 5.41) is 13.7. The van der Waals surface area contributed by atoms with E-state index in [0.717, 1.165) is 11.1 Å². The number of carbonyl (C=O) groups excluding carboxylic acids is 1. The Balaban J connectivity index is 2.09. The van der Waals surface area contributed by atoms with Gasteiger partial charge in [0.1, 0.15) is 0 Å². The van der Waals surface area contributed by atoms with Crippen LogP contribution in [0.5, 0.6) is 0 Å². The topological polar surface area (TPSA) is 72.2 Å². The Morgan fingerprint density at radius 1 is 1.26 bits per heavy atom. The van der Waals surface area contributed by atoms with E-state index in [0.29, 0.717) is 12.2 Å². The number of benzene rings is 2. The summed E-state index contributed by atoms with van der Waals surface area (Å²) >= 11 is 4.30.